The molecule has 0 unspecified atom stereocenters. The van der Waals surface area contributed by atoms with Crippen molar-refractivity contribution in [2.75, 3.05) is 0 Å². The van der Waals surface area contributed by atoms with Crippen LogP contribution in [0.3, 0.4) is 0 Å². The molecule has 0 fully saturated rings. The summed E-state index contributed by atoms with van der Waals surface area (Å²) in [6.45, 7) is 0. The van der Waals surface area contributed by atoms with Crippen molar-refractivity contribution in [2.45, 2.75) is 0 Å². The molecule has 0 aliphatic rings. The highest BCUT2D eigenvalue weighted by molar-refractivity contribution is 9.11. The molecule has 3 nitrogen and oxygen atoms in total. The van der Waals surface area contributed by atoms with E-state index in [0.717, 1.165) is 10.8 Å². The Morgan fingerprint density at radius 3 is 2.19 bits per heavy atom. The SMILES string of the molecule is O=C(O)c1ccc2c(Br)c(O)ccc2c1Br. The number of carbonyl (C=O) groups is 1. The largest absolute Gasteiger partial charge is 0.507 e. The summed E-state index contributed by atoms with van der Waals surface area (Å²) >= 11 is 6.52. The van der Waals surface area contributed by atoms with Crippen molar-refractivity contribution in [1.82, 2.24) is 0 Å². The Kier molecular flexibility index (Phi) is 2.90. The molecule has 5 heteroatoms. The number of phenolic OH excluding ortho intramolecular Hbond substituents is 1. The van der Waals surface area contributed by atoms with Gasteiger partial charge in [-0.25, -0.2) is 4.79 Å². The van der Waals surface area contributed by atoms with Crippen LogP contribution in [0, 0.1) is 0 Å². The molecule has 0 amide bonds. The van der Waals surface area contributed by atoms with Crippen LogP contribution in [0.5, 0.6) is 5.75 Å². The zero-order valence-electron chi connectivity index (χ0n) is 7.87. The Balaban J connectivity index is 2.87. The normalized spacial score (nSPS) is 10.6. The van der Waals surface area contributed by atoms with Gasteiger partial charge in [0.1, 0.15) is 5.75 Å². The van der Waals surface area contributed by atoms with E-state index in [2.05, 4.69) is 31.9 Å². The van der Waals surface area contributed by atoms with Gasteiger partial charge in [0.25, 0.3) is 0 Å². The zero-order valence-corrected chi connectivity index (χ0v) is 11.0. The number of phenols is 1. The molecule has 0 saturated carbocycles. The minimum absolute atomic E-state index is 0.127. The van der Waals surface area contributed by atoms with E-state index in [1.54, 1.807) is 12.1 Å². The smallest absolute Gasteiger partial charge is 0.336 e. The predicted molar refractivity (Wildman–Crippen MR) is 68.0 cm³/mol. The van der Waals surface area contributed by atoms with Crippen LogP contribution in [-0.2, 0) is 0 Å². The van der Waals surface area contributed by atoms with Crippen molar-refractivity contribution in [2.24, 2.45) is 0 Å². The van der Waals surface area contributed by atoms with Gasteiger partial charge in [-0.05, 0) is 55.4 Å². The molecular formula is C11H6Br2O3. The van der Waals surface area contributed by atoms with Gasteiger partial charge >= 0.3 is 5.97 Å². The first-order valence-electron chi connectivity index (χ1n) is 4.35. The van der Waals surface area contributed by atoms with Gasteiger partial charge in [0.05, 0.1) is 10.0 Å². The van der Waals surface area contributed by atoms with E-state index in [1.807, 2.05) is 0 Å². The third-order valence-corrected chi connectivity index (χ3v) is 3.97. The maximum atomic E-state index is 10.9. The van der Waals surface area contributed by atoms with Crippen molar-refractivity contribution in [3.05, 3.63) is 38.8 Å². The Labute approximate surface area is 108 Å². The van der Waals surface area contributed by atoms with Crippen molar-refractivity contribution < 1.29 is 15.0 Å². The van der Waals surface area contributed by atoms with Crippen LogP contribution in [0.4, 0.5) is 0 Å². The van der Waals surface area contributed by atoms with Gasteiger partial charge in [-0.1, -0.05) is 6.07 Å². The van der Waals surface area contributed by atoms with Gasteiger partial charge in [-0.2, -0.15) is 0 Å². The number of aromatic carboxylic acids is 1. The van der Waals surface area contributed by atoms with Crippen LogP contribution in [0.25, 0.3) is 10.8 Å². The molecule has 0 radical (unpaired) electrons. The summed E-state index contributed by atoms with van der Waals surface area (Å²) in [7, 11) is 0. The lowest BCUT2D eigenvalue weighted by atomic mass is 10.1. The minimum atomic E-state index is -0.988. The van der Waals surface area contributed by atoms with Gasteiger partial charge in [0, 0.05) is 9.86 Å². The van der Waals surface area contributed by atoms with Crippen LogP contribution >= 0.6 is 31.9 Å². The van der Waals surface area contributed by atoms with Gasteiger partial charge < -0.3 is 10.2 Å². The Hall–Kier alpha value is -1.07. The fourth-order valence-corrected chi connectivity index (χ4v) is 2.61. The number of carboxylic acid groups (broad SMARTS) is 1. The number of hydrogen-bond acceptors (Lipinski definition) is 2. The van der Waals surface area contributed by atoms with E-state index in [9.17, 15) is 9.90 Å². The number of carboxylic acids is 1. The maximum Gasteiger partial charge on any atom is 0.336 e. The molecule has 0 aliphatic heterocycles. The molecule has 16 heavy (non-hydrogen) atoms. The summed E-state index contributed by atoms with van der Waals surface area (Å²) in [4.78, 5) is 10.9. The monoisotopic (exact) mass is 344 g/mol. The highest BCUT2D eigenvalue weighted by Crippen LogP contribution is 2.36. The van der Waals surface area contributed by atoms with Gasteiger partial charge in [0.2, 0.25) is 0 Å². The van der Waals surface area contributed by atoms with E-state index in [0.29, 0.717) is 8.95 Å². The molecule has 2 rings (SSSR count). The fraction of sp³-hybridized carbons (Fsp3) is 0. The third-order valence-electron chi connectivity index (χ3n) is 2.28. The lowest BCUT2D eigenvalue weighted by Gasteiger charge is -2.07. The van der Waals surface area contributed by atoms with Gasteiger partial charge in [0.15, 0.2) is 0 Å². The molecule has 0 aromatic heterocycles. The van der Waals surface area contributed by atoms with Crippen molar-refractivity contribution in [3.8, 4) is 5.75 Å². The second-order valence-corrected chi connectivity index (χ2v) is 4.81. The Morgan fingerprint density at radius 2 is 1.56 bits per heavy atom. The van der Waals surface area contributed by atoms with Crippen LogP contribution in [-0.4, -0.2) is 16.2 Å². The van der Waals surface area contributed by atoms with E-state index < -0.39 is 5.97 Å². The minimum Gasteiger partial charge on any atom is -0.507 e. The summed E-state index contributed by atoms with van der Waals surface area (Å²) in [5.74, 6) is -0.861. The van der Waals surface area contributed by atoms with Gasteiger partial charge in [-0.15, -0.1) is 0 Å². The van der Waals surface area contributed by atoms with E-state index in [1.165, 1.54) is 12.1 Å². The highest BCUT2D eigenvalue weighted by Gasteiger charge is 2.13. The summed E-state index contributed by atoms with van der Waals surface area (Å²) in [5.41, 5.74) is 0.199. The van der Waals surface area contributed by atoms with E-state index in [-0.39, 0.29) is 11.3 Å². The Bertz CT molecular complexity index is 593. The molecule has 0 aliphatic carbocycles. The molecule has 2 N–H and O–H groups in total. The molecule has 0 bridgehead atoms. The number of aromatic hydroxyl groups is 1. The lowest BCUT2D eigenvalue weighted by Crippen LogP contribution is -1.97. The molecule has 0 heterocycles. The first-order chi connectivity index (χ1) is 7.52. The molecule has 82 valence electrons. The molecular weight excluding hydrogens is 340 g/mol. The average molecular weight is 346 g/mol. The molecule has 0 spiro atoms. The van der Waals surface area contributed by atoms with Crippen LogP contribution in [0.15, 0.2) is 33.2 Å². The molecule has 0 saturated heterocycles. The van der Waals surface area contributed by atoms with Crippen LogP contribution < -0.4 is 0 Å². The third kappa shape index (κ3) is 1.70. The molecule has 2 aromatic rings. The second-order valence-electron chi connectivity index (χ2n) is 3.23. The van der Waals surface area contributed by atoms with Crippen molar-refractivity contribution in [3.63, 3.8) is 0 Å². The van der Waals surface area contributed by atoms with Crippen molar-refractivity contribution in [1.29, 1.82) is 0 Å². The first kappa shape index (κ1) is 11.4. The number of halogens is 2. The highest BCUT2D eigenvalue weighted by atomic mass is 79.9. The quantitative estimate of drug-likeness (QED) is 0.827. The van der Waals surface area contributed by atoms with Crippen molar-refractivity contribution >= 4 is 48.6 Å². The fourth-order valence-electron chi connectivity index (χ4n) is 1.49. The summed E-state index contributed by atoms with van der Waals surface area (Å²) in [6, 6.07) is 6.35. The second kappa shape index (κ2) is 4.07. The maximum absolute atomic E-state index is 10.9. The zero-order chi connectivity index (χ0) is 11.9. The van der Waals surface area contributed by atoms with Crippen LogP contribution in [0.2, 0.25) is 0 Å². The Morgan fingerprint density at radius 1 is 1.00 bits per heavy atom. The summed E-state index contributed by atoms with van der Waals surface area (Å²) in [6.07, 6.45) is 0. The average Bonchev–Trinajstić information content (AvgIpc) is 2.23. The van der Waals surface area contributed by atoms with Gasteiger partial charge in [-0.3, -0.25) is 0 Å². The number of fused-ring (bicyclic) bond motifs is 1. The first-order valence-corrected chi connectivity index (χ1v) is 5.94. The van der Waals surface area contributed by atoms with Crippen LogP contribution in [0.1, 0.15) is 10.4 Å². The van der Waals surface area contributed by atoms with E-state index >= 15 is 0 Å². The number of rotatable bonds is 1. The summed E-state index contributed by atoms with van der Waals surface area (Å²) in [5, 5.41) is 20.0. The number of hydrogen-bond donors (Lipinski definition) is 2. The summed E-state index contributed by atoms with van der Waals surface area (Å²) < 4.78 is 1.07. The standard InChI is InChI=1S/C11H6Br2O3/c12-9-5-3-4-8(14)10(13)6(5)1-2-7(9)11(15)16/h1-4,14H,(H,15,16). The predicted octanol–water partition coefficient (Wildman–Crippen LogP) is 3.77. The molecule has 2 aromatic carbocycles. The van der Waals surface area contributed by atoms with E-state index in [4.69, 9.17) is 5.11 Å². The molecule has 0 atom stereocenters. The topological polar surface area (TPSA) is 57.5 Å². The lowest BCUT2D eigenvalue weighted by molar-refractivity contribution is 0.0696. The number of benzene rings is 2.